The zero-order valence-electron chi connectivity index (χ0n) is 18.3. The van der Waals surface area contributed by atoms with Crippen LogP contribution in [-0.4, -0.2) is 39.2 Å². The Morgan fingerprint density at radius 3 is 2.71 bits per heavy atom. The van der Waals surface area contributed by atoms with Crippen LogP contribution in [0.5, 0.6) is 5.75 Å². The van der Waals surface area contributed by atoms with Gasteiger partial charge in [0.25, 0.3) is 5.69 Å². The molecule has 0 spiro atoms. The number of amides is 2. The van der Waals surface area contributed by atoms with Crippen molar-refractivity contribution in [3.8, 4) is 5.75 Å². The number of nitrogens with one attached hydrogen (secondary N) is 1. The molecule has 0 aliphatic carbocycles. The first-order valence-electron chi connectivity index (χ1n) is 10.3. The quantitative estimate of drug-likeness (QED) is 0.330. The Morgan fingerprint density at radius 2 is 2.06 bits per heavy atom. The van der Waals surface area contributed by atoms with Crippen LogP contribution in [0.3, 0.4) is 0 Å². The lowest BCUT2D eigenvalue weighted by atomic mass is 10.2. The van der Waals surface area contributed by atoms with Crippen molar-refractivity contribution in [3.63, 3.8) is 0 Å². The molecule has 1 aromatic heterocycles. The number of hydrogen-bond donors (Lipinski definition) is 1. The smallest absolute Gasteiger partial charge is 0.296 e. The first-order chi connectivity index (χ1) is 16.8. The number of nitro benzene ring substituents is 1. The van der Waals surface area contributed by atoms with Crippen molar-refractivity contribution in [2.45, 2.75) is 18.2 Å². The Kier molecular flexibility index (Phi) is 7.37. The predicted molar refractivity (Wildman–Crippen MR) is 132 cm³/mol. The number of carbonyl (C=O) groups excluding carboxylic acids is 2. The monoisotopic (exact) mass is 514 g/mol. The van der Waals surface area contributed by atoms with Gasteiger partial charge < -0.3 is 14.5 Å². The molecule has 1 atom stereocenters. The van der Waals surface area contributed by atoms with Gasteiger partial charge in [-0.15, -0.1) is 0 Å². The summed E-state index contributed by atoms with van der Waals surface area (Å²) in [5, 5.41) is 14.1. The molecule has 1 aliphatic heterocycles. The number of nitrogens with zero attached hydrogens (tertiary/aromatic N) is 3. The molecule has 3 aromatic rings. The van der Waals surface area contributed by atoms with E-state index in [-0.39, 0.29) is 36.0 Å². The van der Waals surface area contributed by atoms with E-state index in [1.807, 2.05) is 0 Å². The van der Waals surface area contributed by atoms with E-state index in [0.717, 1.165) is 11.8 Å². The zero-order chi connectivity index (χ0) is 24.9. The summed E-state index contributed by atoms with van der Waals surface area (Å²) >= 11 is 7.09. The largest absolute Gasteiger partial charge is 0.496 e. The van der Waals surface area contributed by atoms with Gasteiger partial charge in [0.05, 0.1) is 36.6 Å². The number of aliphatic imine (C=N–C) groups is 1. The van der Waals surface area contributed by atoms with Gasteiger partial charge in [0.1, 0.15) is 22.4 Å². The number of hydrogen-bond acceptors (Lipinski definition) is 8. The first-order valence-corrected chi connectivity index (χ1v) is 11.6. The summed E-state index contributed by atoms with van der Waals surface area (Å²) in [6.45, 7) is 0.146. The van der Waals surface area contributed by atoms with Crippen LogP contribution in [0.15, 0.2) is 70.3 Å². The SMILES string of the molecule is COc1ccc(NC(=O)C[C@@H]2SC(=Nc3ccc(Cl)cc3)N(Cc3ccco3)C2=O)c([N+](=O)[O-])c1. The second-order valence-corrected chi connectivity index (χ2v) is 8.98. The Balaban J connectivity index is 1.53. The Bertz CT molecular complexity index is 1280. The fraction of sp³-hybridized carbons (Fsp3) is 0.174. The lowest BCUT2D eigenvalue weighted by Crippen LogP contribution is -2.33. The molecule has 0 radical (unpaired) electrons. The van der Waals surface area contributed by atoms with Gasteiger partial charge in [0.15, 0.2) is 5.17 Å². The fourth-order valence-corrected chi connectivity index (χ4v) is 4.60. The van der Waals surface area contributed by atoms with E-state index in [0.29, 0.717) is 21.6 Å². The van der Waals surface area contributed by atoms with E-state index in [9.17, 15) is 19.7 Å². The molecule has 180 valence electrons. The average molecular weight is 515 g/mol. The molecule has 35 heavy (non-hydrogen) atoms. The van der Waals surface area contributed by atoms with Crippen molar-refractivity contribution >= 4 is 57.4 Å². The molecule has 2 amide bonds. The Morgan fingerprint density at radius 1 is 1.29 bits per heavy atom. The molecule has 0 saturated carbocycles. The molecule has 2 heterocycles. The first kappa shape index (κ1) is 24.3. The molecule has 1 saturated heterocycles. The molecule has 10 nitrogen and oxygen atoms in total. The van der Waals surface area contributed by atoms with Gasteiger partial charge >= 0.3 is 0 Å². The molecule has 12 heteroatoms. The lowest BCUT2D eigenvalue weighted by Gasteiger charge is -2.15. The number of benzene rings is 2. The molecule has 0 unspecified atom stereocenters. The van der Waals surface area contributed by atoms with E-state index in [1.165, 1.54) is 36.5 Å². The Labute approximate surface area is 209 Å². The number of thioether (sulfide) groups is 1. The molecule has 4 rings (SSSR count). The molecule has 2 aromatic carbocycles. The highest BCUT2D eigenvalue weighted by atomic mass is 35.5. The van der Waals surface area contributed by atoms with Crippen LogP contribution in [0, 0.1) is 10.1 Å². The van der Waals surface area contributed by atoms with Gasteiger partial charge in [-0.2, -0.15) is 0 Å². The molecule has 0 bridgehead atoms. The van der Waals surface area contributed by atoms with E-state index in [4.69, 9.17) is 20.8 Å². The average Bonchev–Trinajstić information content (AvgIpc) is 3.45. The molecule has 1 fully saturated rings. The summed E-state index contributed by atoms with van der Waals surface area (Å²) in [7, 11) is 1.39. The van der Waals surface area contributed by atoms with Gasteiger partial charge in [-0.05, 0) is 48.5 Å². The van der Waals surface area contributed by atoms with Crippen LogP contribution < -0.4 is 10.1 Å². The predicted octanol–water partition coefficient (Wildman–Crippen LogP) is 5.01. The summed E-state index contributed by atoms with van der Waals surface area (Å²) in [4.78, 5) is 42.7. The maximum Gasteiger partial charge on any atom is 0.296 e. The third kappa shape index (κ3) is 5.81. The molecule has 1 N–H and O–H groups in total. The highest BCUT2D eigenvalue weighted by Crippen LogP contribution is 2.34. The minimum absolute atomic E-state index is 0.0127. The zero-order valence-corrected chi connectivity index (χ0v) is 19.9. The van der Waals surface area contributed by atoms with Crippen LogP contribution in [0.25, 0.3) is 0 Å². The van der Waals surface area contributed by atoms with Gasteiger partial charge in [0.2, 0.25) is 11.8 Å². The van der Waals surface area contributed by atoms with Crippen molar-refractivity contribution in [1.82, 2.24) is 4.90 Å². The van der Waals surface area contributed by atoms with Crippen LogP contribution in [-0.2, 0) is 16.1 Å². The number of amidine groups is 1. The summed E-state index contributed by atoms with van der Waals surface area (Å²) in [6.07, 6.45) is 1.30. The van der Waals surface area contributed by atoms with E-state index in [1.54, 1.807) is 36.4 Å². The highest BCUT2D eigenvalue weighted by Gasteiger charge is 2.39. The standard InChI is InChI=1S/C23H19ClN4O6S/c1-33-16-8-9-18(19(11-16)28(31)32)26-21(29)12-20-22(30)27(13-17-3-2-10-34-17)23(35-20)25-15-6-4-14(24)5-7-15/h2-11,20H,12-13H2,1H3,(H,26,29)/t20-/m0/s1. The third-order valence-corrected chi connectivity index (χ3v) is 6.44. The van der Waals surface area contributed by atoms with E-state index < -0.39 is 16.1 Å². The summed E-state index contributed by atoms with van der Waals surface area (Å²) in [5.74, 6) is -0.0251. The number of rotatable bonds is 8. The van der Waals surface area contributed by atoms with Crippen LogP contribution in [0.4, 0.5) is 17.1 Å². The second-order valence-electron chi connectivity index (χ2n) is 7.37. The summed E-state index contributed by atoms with van der Waals surface area (Å²) in [5.41, 5.74) is 0.291. The van der Waals surface area contributed by atoms with Crippen LogP contribution in [0.1, 0.15) is 12.2 Å². The van der Waals surface area contributed by atoms with Crippen molar-refractivity contribution < 1.29 is 23.7 Å². The van der Waals surface area contributed by atoms with Crippen molar-refractivity contribution in [2.24, 2.45) is 4.99 Å². The van der Waals surface area contributed by atoms with Gasteiger partial charge in [-0.25, -0.2) is 4.99 Å². The van der Waals surface area contributed by atoms with E-state index >= 15 is 0 Å². The van der Waals surface area contributed by atoms with Crippen LogP contribution in [0.2, 0.25) is 5.02 Å². The molecular formula is C23H19ClN4O6S. The van der Waals surface area contributed by atoms with Gasteiger partial charge in [-0.1, -0.05) is 23.4 Å². The Hall–Kier alpha value is -3.83. The van der Waals surface area contributed by atoms with Gasteiger partial charge in [0, 0.05) is 11.4 Å². The maximum absolute atomic E-state index is 13.2. The van der Waals surface area contributed by atoms with Crippen LogP contribution >= 0.6 is 23.4 Å². The van der Waals surface area contributed by atoms with Crippen molar-refractivity contribution in [2.75, 3.05) is 12.4 Å². The number of nitro groups is 1. The third-order valence-electron chi connectivity index (χ3n) is 5.01. The highest BCUT2D eigenvalue weighted by molar-refractivity contribution is 8.15. The fourth-order valence-electron chi connectivity index (χ4n) is 3.32. The number of carbonyl (C=O) groups is 2. The van der Waals surface area contributed by atoms with Crippen molar-refractivity contribution in [1.29, 1.82) is 0 Å². The maximum atomic E-state index is 13.2. The van der Waals surface area contributed by atoms with Gasteiger partial charge in [-0.3, -0.25) is 24.6 Å². The number of furan rings is 1. The second kappa shape index (κ2) is 10.6. The minimum Gasteiger partial charge on any atom is -0.496 e. The van der Waals surface area contributed by atoms with Crippen molar-refractivity contribution in [3.05, 3.63) is 81.8 Å². The van der Waals surface area contributed by atoms with E-state index in [2.05, 4.69) is 10.3 Å². The number of ether oxygens (including phenoxy) is 1. The lowest BCUT2D eigenvalue weighted by molar-refractivity contribution is -0.384. The summed E-state index contributed by atoms with van der Waals surface area (Å²) in [6, 6.07) is 14.4. The normalized spacial score (nSPS) is 16.5. The number of methoxy groups -OCH3 is 1. The molecular weight excluding hydrogens is 496 g/mol. The number of halogens is 1. The minimum atomic E-state index is -0.770. The summed E-state index contributed by atoms with van der Waals surface area (Å²) < 4.78 is 10.4. The number of anilines is 1. The molecule has 1 aliphatic rings. The topological polar surface area (TPSA) is 127 Å².